The number of nitrogens with zero attached hydrogens (tertiary/aromatic N) is 3. The van der Waals surface area contributed by atoms with Gasteiger partial charge in [0.25, 0.3) is 5.91 Å². The van der Waals surface area contributed by atoms with Crippen LogP contribution in [0.4, 0.5) is 0 Å². The van der Waals surface area contributed by atoms with E-state index in [1.807, 2.05) is 43.7 Å². The zero-order valence-corrected chi connectivity index (χ0v) is 22.8. The number of halogens is 2. The number of likely N-dealkylation sites (tertiary alicyclic amines) is 1. The topological polar surface area (TPSA) is 75.4 Å². The predicted molar refractivity (Wildman–Crippen MR) is 146 cm³/mol. The zero-order valence-electron chi connectivity index (χ0n) is 21.3. The number of aliphatic carboxylic acids is 1. The lowest BCUT2D eigenvalue weighted by atomic mass is 10.0. The summed E-state index contributed by atoms with van der Waals surface area (Å²) in [5, 5.41) is 11.3. The molecule has 194 valence electrons. The lowest BCUT2D eigenvalue weighted by Crippen LogP contribution is -2.30. The van der Waals surface area contributed by atoms with E-state index < -0.39 is 11.9 Å². The number of carbonyl (C=O) groups excluding carboxylic acids is 1. The maximum atomic E-state index is 13.5. The molecule has 0 unspecified atom stereocenters. The van der Waals surface area contributed by atoms with Crippen molar-refractivity contribution in [3.05, 3.63) is 63.4 Å². The number of unbranched alkanes of at least 4 members (excludes halogenated alkanes) is 3. The molecule has 1 amide bonds. The van der Waals surface area contributed by atoms with E-state index in [0.29, 0.717) is 23.6 Å². The number of aryl methyl sites for hydroxylation is 2. The summed E-state index contributed by atoms with van der Waals surface area (Å²) in [6, 6.07) is 9.77. The summed E-state index contributed by atoms with van der Waals surface area (Å²) >= 11 is 12.3. The van der Waals surface area contributed by atoms with Crippen molar-refractivity contribution in [3.63, 3.8) is 0 Å². The van der Waals surface area contributed by atoms with E-state index in [2.05, 4.69) is 11.1 Å². The fraction of sp³-hybridized carbons (Fsp3) is 0.464. The Morgan fingerprint density at radius 2 is 1.78 bits per heavy atom. The molecule has 3 aromatic rings. The highest BCUT2D eigenvalue weighted by Crippen LogP contribution is 2.30. The molecule has 8 heteroatoms. The molecule has 4 rings (SSSR count). The fourth-order valence-corrected chi connectivity index (χ4v) is 5.21. The molecule has 0 saturated carbocycles. The number of benzene rings is 1. The van der Waals surface area contributed by atoms with Crippen molar-refractivity contribution in [2.75, 3.05) is 13.1 Å². The zero-order chi connectivity index (χ0) is 26.2. The number of carbonyl (C=O) groups is 2. The van der Waals surface area contributed by atoms with Gasteiger partial charge in [0.05, 0.1) is 16.5 Å². The number of pyridine rings is 1. The smallest absolute Gasteiger partial charge is 0.308 e. The molecule has 1 saturated heterocycles. The molecule has 1 aliphatic rings. The molecule has 1 aromatic carbocycles. The molecule has 0 aliphatic carbocycles. The van der Waals surface area contributed by atoms with Crippen LogP contribution in [-0.4, -0.2) is 44.5 Å². The Labute approximate surface area is 223 Å². The van der Waals surface area contributed by atoms with E-state index in [1.165, 1.54) is 5.56 Å². The Balaban J connectivity index is 0.00000176. The minimum atomic E-state index is -0.851. The summed E-state index contributed by atoms with van der Waals surface area (Å²) in [7, 11) is 1.93. The summed E-state index contributed by atoms with van der Waals surface area (Å²) in [5.74, 6) is -1.49. The Kier molecular flexibility index (Phi) is 10.2. The summed E-state index contributed by atoms with van der Waals surface area (Å²) in [5.41, 5.74) is 3.51. The van der Waals surface area contributed by atoms with Crippen LogP contribution >= 0.6 is 23.2 Å². The fourth-order valence-electron chi connectivity index (χ4n) is 4.84. The third-order valence-corrected chi connectivity index (χ3v) is 7.11. The standard InChI is InChI=1S/C26H29Cl2N3O3.C2H6/c1-30-22(10-5-3-2-4-7-17-8-6-9-19(27)13-17)23(21-14-20(28)15-29-24(21)30)25(32)31-12-11-18(16-31)26(33)34;1-2/h6,8-9,13-15,18H,2-5,7,10-12,16H2,1H3,(H,33,34);1-2H3/t18-;/m0./s1. The van der Waals surface area contributed by atoms with Crippen LogP contribution in [0.1, 0.15) is 67.6 Å². The van der Waals surface area contributed by atoms with Gasteiger partial charge in [-0.15, -0.1) is 0 Å². The van der Waals surface area contributed by atoms with Crippen molar-refractivity contribution in [2.45, 2.75) is 58.8 Å². The first kappa shape index (κ1) is 28.0. The summed E-state index contributed by atoms with van der Waals surface area (Å²) < 4.78 is 1.98. The molecule has 36 heavy (non-hydrogen) atoms. The monoisotopic (exact) mass is 531 g/mol. The molecule has 1 fully saturated rings. The van der Waals surface area contributed by atoms with E-state index in [9.17, 15) is 14.7 Å². The molecule has 1 atom stereocenters. The number of aromatic nitrogens is 2. The van der Waals surface area contributed by atoms with E-state index in [-0.39, 0.29) is 12.5 Å². The van der Waals surface area contributed by atoms with E-state index in [1.54, 1.807) is 17.2 Å². The Bertz CT molecular complexity index is 1210. The Hall–Kier alpha value is -2.57. The van der Waals surface area contributed by atoms with Crippen molar-refractivity contribution in [2.24, 2.45) is 13.0 Å². The SMILES string of the molecule is CC.Cn1c(CCCCCCc2cccc(Cl)c2)c(C(=O)N2CC[C@H](C(=O)O)C2)c2cc(Cl)cnc21. The first-order chi connectivity index (χ1) is 17.3. The maximum absolute atomic E-state index is 13.5. The van der Waals surface area contributed by atoms with Crippen LogP contribution in [0.15, 0.2) is 36.5 Å². The first-order valence-corrected chi connectivity index (χ1v) is 13.5. The molecular weight excluding hydrogens is 497 g/mol. The molecule has 0 bridgehead atoms. The van der Waals surface area contributed by atoms with Crippen LogP contribution in [0, 0.1) is 5.92 Å². The van der Waals surface area contributed by atoms with Crippen LogP contribution in [0.25, 0.3) is 11.0 Å². The molecule has 0 radical (unpaired) electrons. The van der Waals surface area contributed by atoms with Crippen LogP contribution in [0.2, 0.25) is 10.0 Å². The van der Waals surface area contributed by atoms with Gasteiger partial charge in [-0.2, -0.15) is 0 Å². The maximum Gasteiger partial charge on any atom is 0.308 e. The number of fused-ring (bicyclic) bond motifs is 1. The van der Waals surface area contributed by atoms with Gasteiger partial charge in [-0.25, -0.2) is 4.98 Å². The number of carboxylic acid groups (broad SMARTS) is 1. The largest absolute Gasteiger partial charge is 0.481 e. The van der Waals surface area contributed by atoms with Crippen LogP contribution in [0.3, 0.4) is 0 Å². The number of hydrogen-bond acceptors (Lipinski definition) is 3. The lowest BCUT2D eigenvalue weighted by molar-refractivity contribution is -0.141. The molecule has 2 aromatic heterocycles. The van der Waals surface area contributed by atoms with Gasteiger partial charge < -0.3 is 14.6 Å². The highest BCUT2D eigenvalue weighted by molar-refractivity contribution is 6.31. The molecule has 6 nitrogen and oxygen atoms in total. The second-order valence-corrected chi connectivity index (χ2v) is 9.90. The van der Waals surface area contributed by atoms with Crippen molar-refractivity contribution < 1.29 is 14.7 Å². The van der Waals surface area contributed by atoms with Gasteiger partial charge in [0.15, 0.2) is 0 Å². The average molecular weight is 533 g/mol. The third-order valence-electron chi connectivity index (χ3n) is 6.67. The number of rotatable bonds is 9. The van der Waals surface area contributed by atoms with Gasteiger partial charge in [-0.05, 0) is 55.9 Å². The van der Waals surface area contributed by atoms with E-state index in [0.717, 1.165) is 60.3 Å². The third kappa shape index (κ3) is 6.60. The molecule has 1 aliphatic heterocycles. The lowest BCUT2D eigenvalue weighted by Gasteiger charge is -2.17. The first-order valence-electron chi connectivity index (χ1n) is 12.7. The van der Waals surface area contributed by atoms with E-state index in [4.69, 9.17) is 23.2 Å². The van der Waals surface area contributed by atoms with Crippen molar-refractivity contribution in [1.82, 2.24) is 14.5 Å². The van der Waals surface area contributed by atoms with Crippen LogP contribution in [0.5, 0.6) is 0 Å². The molecule has 0 spiro atoms. The van der Waals surface area contributed by atoms with Gasteiger partial charge in [0, 0.05) is 42.4 Å². The molecule has 1 N–H and O–H groups in total. The van der Waals surface area contributed by atoms with Crippen LogP contribution < -0.4 is 0 Å². The normalized spacial score (nSPS) is 15.1. The summed E-state index contributed by atoms with van der Waals surface area (Å²) in [4.78, 5) is 31.0. The van der Waals surface area contributed by atoms with Crippen LogP contribution in [-0.2, 0) is 24.7 Å². The van der Waals surface area contributed by atoms with Gasteiger partial charge in [-0.1, -0.05) is 62.0 Å². The van der Waals surface area contributed by atoms with Gasteiger partial charge >= 0.3 is 5.97 Å². The summed E-state index contributed by atoms with van der Waals surface area (Å²) in [6.07, 6.45) is 8.00. The Morgan fingerprint density at radius 1 is 1.06 bits per heavy atom. The van der Waals surface area contributed by atoms with E-state index >= 15 is 0 Å². The van der Waals surface area contributed by atoms with Crippen molar-refractivity contribution in [3.8, 4) is 0 Å². The molecular formula is C28H35Cl2N3O3. The highest BCUT2D eigenvalue weighted by Gasteiger charge is 2.34. The Morgan fingerprint density at radius 3 is 2.44 bits per heavy atom. The van der Waals surface area contributed by atoms with Gasteiger partial charge in [-0.3, -0.25) is 9.59 Å². The number of hydrogen-bond donors (Lipinski definition) is 1. The van der Waals surface area contributed by atoms with Gasteiger partial charge in [0.2, 0.25) is 0 Å². The second-order valence-electron chi connectivity index (χ2n) is 9.02. The number of amides is 1. The van der Waals surface area contributed by atoms with Gasteiger partial charge in [0.1, 0.15) is 5.65 Å². The van der Waals surface area contributed by atoms with Crippen molar-refractivity contribution >= 4 is 46.1 Å². The second kappa shape index (κ2) is 13.1. The summed E-state index contributed by atoms with van der Waals surface area (Å²) in [6.45, 7) is 4.69. The predicted octanol–water partition coefficient (Wildman–Crippen LogP) is 6.80. The van der Waals surface area contributed by atoms with Crippen molar-refractivity contribution in [1.29, 1.82) is 0 Å². The highest BCUT2D eigenvalue weighted by atomic mass is 35.5. The minimum absolute atomic E-state index is 0.130. The molecule has 3 heterocycles. The average Bonchev–Trinajstić information content (AvgIpc) is 3.46. The minimum Gasteiger partial charge on any atom is -0.481 e. The number of carboxylic acids is 1. The quantitative estimate of drug-likeness (QED) is 0.308.